The predicted octanol–water partition coefficient (Wildman–Crippen LogP) is 0.985. The second-order valence-corrected chi connectivity index (χ2v) is 3.82. The van der Waals surface area contributed by atoms with Gasteiger partial charge in [-0.2, -0.15) is 0 Å². The van der Waals surface area contributed by atoms with Gasteiger partial charge in [0.25, 0.3) is 5.91 Å². The second-order valence-electron chi connectivity index (χ2n) is 3.82. The van der Waals surface area contributed by atoms with Gasteiger partial charge in [-0.3, -0.25) is 9.63 Å². The summed E-state index contributed by atoms with van der Waals surface area (Å²) < 4.78 is 4.37. The monoisotopic (exact) mass is 263 g/mol. The number of hydrogen-bond acceptors (Lipinski definition) is 6. The van der Waals surface area contributed by atoms with Crippen LogP contribution in [-0.2, 0) is 11.4 Å². The topological polar surface area (TPSA) is 97.5 Å². The Balaban J connectivity index is 1.94. The number of carbonyl (C=O) groups excluding carboxylic acids is 1. The van der Waals surface area contributed by atoms with Gasteiger partial charge in [-0.25, -0.2) is 10.1 Å². The van der Waals surface area contributed by atoms with Crippen LogP contribution in [0.25, 0.3) is 0 Å². The van der Waals surface area contributed by atoms with Gasteiger partial charge in [0.05, 0.1) is 6.61 Å². The first kappa shape index (κ1) is 13.2. The Labute approximate surface area is 109 Å². The van der Waals surface area contributed by atoms with Crippen molar-refractivity contribution in [1.29, 1.82) is 0 Å². The second kappa shape index (κ2) is 6.07. The van der Waals surface area contributed by atoms with Crippen molar-refractivity contribution in [3.63, 3.8) is 0 Å². The summed E-state index contributed by atoms with van der Waals surface area (Å²) in [6.45, 7) is 1.37. The summed E-state index contributed by atoms with van der Waals surface area (Å²) in [6, 6.07) is 9.41. The van der Waals surface area contributed by atoms with Crippen molar-refractivity contribution in [2.75, 3.05) is 0 Å². The maximum absolute atomic E-state index is 11.7. The van der Waals surface area contributed by atoms with Crippen LogP contribution in [0.15, 0.2) is 35.0 Å². The zero-order valence-electron chi connectivity index (χ0n) is 10.2. The smallest absolute Gasteiger partial charge is 0.299 e. The van der Waals surface area contributed by atoms with Crippen LogP contribution in [0.5, 0.6) is 0 Å². The highest BCUT2D eigenvalue weighted by Gasteiger charge is 2.18. The van der Waals surface area contributed by atoms with Crippen LogP contribution < -0.4 is 5.48 Å². The van der Waals surface area contributed by atoms with Crippen LogP contribution in [-0.4, -0.2) is 21.3 Å². The van der Waals surface area contributed by atoms with Gasteiger partial charge in [-0.1, -0.05) is 35.5 Å². The number of nitrogens with zero attached hydrogens (tertiary/aromatic N) is 2. The van der Waals surface area contributed by atoms with E-state index in [0.717, 1.165) is 5.56 Å². The Kier molecular flexibility index (Phi) is 4.22. The fourth-order valence-electron chi connectivity index (χ4n) is 1.47. The summed E-state index contributed by atoms with van der Waals surface area (Å²) in [5, 5.41) is 15.7. The van der Waals surface area contributed by atoms with Gasteiger partial charge in [0.2, 0.25) is 0 Å². The number of aliphatic hydroxyl groups is 1. The lowest BCUT2D eigenvalue weighted by Crippen LogP contribution is -2.26. The molecule has 0 saturated carbocycles. The van der Waals surface area contributed by atoms with Gasteiger partial charge in [-0.05, 0) is 17.6 Å². The van der Waals surface area contributed by atoms with E-state index in [1.807, 2.05) is 30.3 Å². The molecule has 0 radical (unpaired) electrons. The highest BCUT2D eigenvalue weighted by atomic mass is 16.7. The molecule has 100 valence electrons. The van der Waals surface area contributed by atoms with Gasteiger partial charge >= 0.3 is 0 Å². The molecule has 2 rings (SSSR count). The quantitative estimate of drug-likeness (QED) is 0.780. The number of hydroxylamine groups is 1. The van der Waals surface area contributed by atoms with Crippen molar-refractivity contribution in [2.24, 2.45) is 0 Å². The van der Waals surface area contributed by atoms with E-state index >= 15 is 0 Å². The average Bonchev–Trinajstić information content (AvgIpc) is 2.93. The third kappa shape index (κ3) is 3.15. The molecule has 0 bridgehead atoms. The van der Waals surface area contributed by atoms with E-state index in [4.69, 9.17) is 9.94 Å². The van der Waals surface area contributed by atoms with Crippen molar-refractivity contribution < 1.29 is 19.4 Å². The summed E-state index contributed by atoms with van der Waals surface area (Å²) in [5.74, 6) is -0.618. The number of aromatic nitrogens is 2. The molecular weight excluding hydrogens is 250 g/mol. The molecule has 1 aromatic carbocycles. The normalized spacial score (nSPS) is 12.1. The Morgan fingerprint density at radius 2 is 2.16 bits per heavy atom. The van der Waals surface area contributed by atoms with Crippen LogP contribution in [0, 0.1) is 0 Å². The molecule has 1 aromatic heterocycles. The van der Waals surface area contributed by atoms with Crippen molar-refractivity contribution >= 4 is 5.91 Å². The summed E-state index contributed by atoms with van der Waals surface area (Å²) >= 11 is 0. The van der Waals surface area contributed by atoms with E-state index < -0.39 is 12.5 Å². The maximum Gasteiger partial charge on any atom is 0.299 e. The molecule has 0 aliphatic rings. The maximum atomic E-state index is 11.7. The van der Waals surface area contributed by atoms with Crippen LogP contribution in [0.3, 0.4) is 0 Å². The molecule has 0 aliphatic carbocycles. The van der Waals surface area contributed by atoms with Crippen LogP contribution in [0.1, 0.15) is 34.8 Å². The summed E-state index contributed by atoms with van der Waals surface area (Å²) in [6.07, 6.45) is -0.317. The molecule has 2 aromatic rings. The van der Waals surface area contributed by atoms with Crippen LogP contribution >= 0.6 is 0 Å². The molecule has 0 aliphatic heterocycles. The molecule has 7 heteroatoms. The van der Waals surface area contributed by atoms with Crippen LogP contribution in [0.4, 0.5) is 0 Å². The molecule has 1 heterocycles. The van der Waals surface area contributed by atoms with E-state index in [9.17, 15) is 4.79 Å². The van der Waals surface area contributed by atoms with Crippen molar-refractivity contribution in [2.45, 2.75) is 19.6 Å². The van der Waals surface area contributed by atoms with E-state index in [-0.39, 0.29) is 17.5 Å². The zero-order chi connectivity index (χ0) is 13.7. The third-order valence-corrected chi connectivity index (χ3v) is 2.52. The molecule has 0 unspecified atom stereocenters. The summed E-state index contributed by atoms with van der Waals surface area (Å²) in [4.78, 5) is 16.9. The highest BCUT2D eigenvalue weighted by molar-refractivity contribution is 5.92. The minimum absolute atomic E-state index is 0.0634. The van der Waals surface area contributed by atoms with Gasteiger partial charge in [0.1, 0.15) is 11.8 Å². The lowest BCUT2D eigenvalue weighted by Gasteiger charge is -2.12. The number of hydrogen-bond donors (Lipinski definition) is 2. The zero-order valence-corrected chi connectivity index (χ0v) is 10.2. The average molecular weight is 263 g/mol. The Bertz CT molecular complexity index is 541. The number of rotatable bonds is 5. The summed E-state index contributed by atoms with van der Waals surface area (Å²) in [7, 11) is 0. The molecule has 2 N–H and O–H groups in total. The lowest BCUT2D eigenvalue weighted by molar-refractivity contribution is -0.00951. The molecule has 1 atom stereocenters. The van der Waals surface area contributed by atoms with Crippen molar-refractivity contribution in [3.8, 4) is 0 Å². The minimum Gasteiger partial charge on any atom is -0.390 e. The van der Waals surface area contributed by atoms with Gasteiger partial charge in [-0.15, -0.1) is 0 Å². The molecular formula is C12H13N3O4. The molecule has 19 heavy (non-hydrogen) atoms. The fourth-order valence-corrected chi connectivity index (χ4v) is 1.47. The van der Waals surface area contributed by atoms with E-state index in [1.165, 1.54) is 0 Å². The largest absolute Gasteiger partial charge is 0.390 e. The van der Waals surface area contributed by atoms with Gasteiger partial charge in [0, 0.05) is 0 Å². The van der Waals surface area contributed by atoms with Crippen molar-refractivity contribution in [1.82, 2.24) is 15.8 Å². The molecule has 0 spiro atoms. The first-order valence-electron chi connectivity index (χ1n) is 5.65. The highest BCUT2D eigenvalue weighted by Crippen LogP contribution is 2.14. The van der Waals surface area contributed by atoms with Gasteiger partial charge in [0.15, 0.2) is 5.69 Å². The molecule has 0 fully saturated rings. The number of benzene rings is 1. The number of carbonyl (C=O) groups is 1. The minimum atomic E-state index is -0.618. The Hall–Kier alpha value is -2.25. The Morgan fingerprint density at radius 1 is 1.42 bits per heavy atom. The van der Waals surface area contributed by atoms with Crippen LogP contribution in [0.2, 0.25) is 0 Å². The SMILES string of the molecule is C[C@H](ONC(=O)c1nonc1CO)c1ccccc1. The van der Waals surface area contributed by atoms with E-state index in [0.29, 0.717) is 0 Å². The standard InChI is InChI=1S/C12H13N3O4/c1-8(9-5-3-2-4-6-9)18-15-12(17)11-10(7-16)13-19-14-11/h2-6,8,16H,7H2,1H3,(H,15,17)/t8-/m0/s1. The van der Waals surface area contributed by atoms with E-state index in [1.54, 1.807) is 6.92 Å². The third-order valence-electron chi connectivity index (χ3n) is 2.52. The summed E-state index contributed by atoms with van der Waals surface area (Å²) in [5.41, 5.74) is 3.13. The van der Waals surface area contributed by atoms with Gasteiger partial charge < -0.3 is 5.11 Å². The van der Waals surface area contributed by atoms with Crippen molar-refractivity contribution in [3.05, 3.63) is 47.3 Å². The Morgan fingerprint density at radius 3 is 2.84 bits per heavy atom. The fraction of sp³-hybridized carbons (Fsp3) is 0.250. The molecule has 0 saturated heterocycles. The number of aliphatic hydroxyl groups excluding tert-OH is 1. The predicted molar refractivity (Wildman–Crippen MR) is 63.6 cm³/mol. The molecule has 7 nitrogen and oxygen atoms in total. The molecule has 1 amide bonds. The first-order valence-corrected chi connectivity index (χ1v) is 5.65. The first-order chi connectivity index (χ1) is 9.22. The van der Waals surface area contributed by atoms with E-state index in [2.05, 4.69) is 20.4 Å². The number of nitrogens with one attached hydrogen (secondary N) is 1. The number of amides is 1. The lowest BCUT2D eigenvalue weighted by atomic mass is 10.1.